The number of nitrogens with zero attached hydrogens (tertiary/aromatic N) is 1. The molecular formula is C21H13Cl2NO. The second-order valence-electron chi connectivity index (χ2n) is 5.71. The molecule has 0 aliphatic heterocycles. The number of aromatic nitrogens is 1. The number of benzene rings is 3. The summed E-state index contributed by atoms with van der Waals surface area (Å²) in [5.41, 5.74) is 3.67. The third kappa shape index (κ3) is 2.84. The van der Waals surface area contributed by atoms with Crippen molar-refractivity contribution < 1.29 is 0 Å². The van der Waals surface area contributed by atoms with Crippen LogP contribution in [-0.4, -0.2) is 4.57 Å². The molecule has 0 atom stereocenters. The molecule has 4 aromatic rings. The van der Waals surface area contributed by atoms with E-state index in [2.05, 4.69) is 0 Å². The maximum absolute atomic E-state index is 12.2. The summed E-state index contributed by atoms with van der Waals surface area (Å²) in [6.45, 7) is 0. The van der Waals surface area contributed by atoms with Crippen molar-refractivity contribution in [2.75, 3.05) is 0 Å². The highest BCUT2D eigenvalue weighted by Crippen LogP contribution is 2.34. The molecule has 0 radical (unpaired) electrons. The summed E-state index contributed by atoms with van der Waals surface area (Å²) < 4.78 is 2.01. The molecule has 25 heavy (non-hydrogen) atoms. The van der Waals surface area contributed by atoms with E-state index in [1.54, 1.807) is 18.3 Å². The lowest BCUT2D eigenvalue weighted by atomic mass is 10.0. The number of para-hydroxylation sites is 2. The summed E-state index contributed by atoms with van der Waals surface area (Å²) in [5, 5.41) is 1.87. The van der Waals surface area contributed by atoms with Crippen molar-refractivity contribution in [3.05, 3.63) is 99.3 Å². The predicted molar refractivity (Wildman–Crippen MR) is 105 cm³/mol. The molecule has 4 heteroatoms. The minimum Gasteiger partial charge on any atom is -0.316 e. The van der Waals surface area contributed by atoms with Crippen molar-refractivity contribution in [1.82, 2.24) is 4.57 Å². The summed E-state index contributed by atoms with van der Waals surface area (Å²) in [5.74, 6) is 0. The van der Waals surface area contributed by atoms with E-state index in [4.69, 9.17) is 23.2 Å². The van der Waals surface area contributed by atoms with Crippen LogP contribution in [0.25, 0.3) is 27.7 Å². The molecule has 122 valence electrons. The molecule has 0 aliphatic carbocycles. The minimum atomic E-state index is 0.00820. The predicted octanol–water partition coefficient (Wildman–Crippen LogP) is 5.96. The quantitative estimate of drug-likeness (QED) is 0.429. The van der Waals surface area contributed by atoms with E-state index in [1.165, 1.54) is 0 Å². The van der Waals surface area contributed by atoms with Gasteiger partial charge in [0.05, 0.1) is 11.2 Å². The Bertz CT molecular complexity index is 1150. The Morgan fingerprint density at radius 2 is 1.52 bits per heavy atom. The molecule has 0 saturated heterocycles. The first kappa shape index (κ1) is 15.9. The fourth-order valence-electron chi connectivity index (χ4n) is 3.03. The van der Waals surface area contributed by atoms with Crippen LogP contribution in [-0.2, 0) is 0 Å². The van der Waals surface area contributed by atoms with Crippen LogP contribution in [0.5, 0.6) is 0 Å². The average molecular weight is 366 g/mol. The Balaban J connectivity index is 2.03. The summed E-state index contributed by atoms with van der Waals surface area (Å²) in [7, 11) is 0. The monoisotopic (exact) mass is 365 g/mol. The first-order valence-corrected chi connectivity index (χ1v) is 8.56. The molecule has 0 unspecified atom stereocenters. The molecule has 0 amide bonds. The van der Waals surface area contributed by atoms with Crippen LogP contribution in [0.2, 0.25) is 10.0 Å². The van der Waals surface area contributed by atoms with Crippen LogP contribution in [0.3, 0.4) is 0 Å². The number of halogens is 2. The van der Waals surface area contributed by atoms with Gasteiger partial charge in [0.15, 0.2) is 5.43 Å². The van der Waals surface area contributed by atoms with E-state index in [0.717, 1.165) is 22.3 Å². The Labute approximate surface area is 154 Å². The lowest BCUT2D eigenvalue weighted by molar-refractivity contribution is 1.10. The fraction of sp³-hybridized carbons (Fsp3) is 0. The second-order valence-corrected chi connectivity index (χ2v) is 6.55. The van der Waals surface area contributed by atoms with Crippen molar-refractivity contribution >= 4 is 34.1 Å². The topological polar surface area (TPSA) is 22.0 Å². The Morgan fingerprint density at radius 3 is 2.36 bits per heavy atom. The van der Waals surface area contributed by atoms with Crippen molar-refractivity contribution in [3.8, 4) is 16.8 Å². The number of hydrogen-bond acceptors (Lipinski definition) is 1. The van der Waals surface area contributed by atoms with Crippen molar-refractivity contribution in [3.63, 3.8) is 0 Å². The molecular weight excluding hydrogens is 353 g/mol. The Morgan fingerprint density at radius 1 is 0.760 bits per heavy atom. The van der Waals surface area contributed by atoms with Gasteiger partial charge in [0.2, 0.25) is 0 Å². The summed E-state index contributed by atoms with van der Waals surface area (Å²) in [6.07, 6.45) is 1.80. The first-order chi connectivity index (χ1) is 12.1. The molecule has 1 heterocycles. The van der Waals surface area contributed by atoms with Gasteiger partial charge in [0.25, 0.3) is 0 Å². The van der Waals surface area contributed by atoms with Crippen LogP contribution >= 0.6 is 23.2 Å². The highest BCUT2D eigenvalue weighted by molar-refractivity contribution is 6.36. The van der Waals surface area contributed by atoms with E-state index >= 15 is 0 Å². The standard InChI is InChI=1S/C21H13Cl2NO/c22-14-9-10-15(18(23)13-14)16-5-1-3-7-19(16)24-12-11-21(25)17-6-2-4-8-20(17)24/h1-13H. The normalized spacial score (nSPS) is 11.0. The fourth-order valence-corrected chi connectivity index (χ4v) is 3.54. The second kappa shape index (κ2) is 6.40. The molecule has 1 aromatic heterocycles. The molecule has 0 bridgehead atoms. The third-order valence-electron chi connectivity index (χ3n) is 4.19. The lowest BCUT2D eigenvalue weighted by Gasteiger charge is -2.16. The first-order valence-electron chi connectivity index (χ1n) is 7.80. The zero-order chi connectivity index (χ0) is 17.4. The zero-order valence-electron chi connectivity index (χ0n) is 13.1. The maximum atomic E-state index is 12.2. The van der Waals surface area contributed by atoms with Gasteiger partial charge in [0.1, 0.15) is 0 Å². The number of fused-ring (bicyclic) bond motifs is 1. The van der Waals surface area contributed by atoms with Gasteiger partial charge in [-0.3, -0.25) is 4.79 Å². The zero-order valence-corrected chi connectivity index (χ0v) is 14.6. The number of pyridine rings is 1. The molecule has 0 spiro atoms. The summed E-state index contributed by atoms with van der Waals surface area (Å²) >= 11 is 12.5. The van der Waals surface area contributed by atoms with Gasteiger partial charge in [-0.15, -0.1) is 0 Å². The molecule has 0 aliphatic rings. The van der Waals surface area contributed by atoms with Crippen molar-refractivity contribution in [2.24, 2.45) is 0 Å². The molecule has 2 nitrogen and oxygen atoms in total. The molecule has 3 aromatic carbocycles. The average Bonchev–Trinajstić information content (AvgIpc) is 2.63. The van der Waals surface area contributed by atoms with Gasteiger partial charge < -0.3 is 4.57 Å². The molecule has 0 saturated carbocycles. The highest BCUT2D eigenvalue weighted by Gasteiger charge is 2.12. The molecule has 0 N–H and O–H groups in total. The van der Waals surface area contributed by atoms with E-state index in [-0.39, 0.29) is 5.43 Å². The number of rotatable bonds is 2. The minimum absolute atomic E-state index is 0.00820. The summed E-state index contributed by atoms with van der Waals surface area (Å²) in [4.78, 5) is 12.2. The largest absolute Gasteiger partial charge is 0.316 e. The maximum Gasteiger partial charge on any atom is 0.189 e. The Kier molecular flexibility index (Phi) is 4.08. The van der Waals surface area contributed by atoms with Crippen molar-refractivity contribution in [1.29, 1.82) is 0 Å². The van der Waals surface area contributed by atoms with E-state index < -0.39 is 0 Å². The highest BCUT2D eigenvalue weighted by atomic mass is 35.5. The van der Waals surface area contributed by atoms with E-state index in [0.29, 0.717) is 15.4 Å². The summed E-state index contributed by atoms with van der Waals surface area (Å²) in [6, 6.07) is 22.6. The van der Waals surface area contributed by atoms with Crippen molar-refractivity contribution in [2.45, 2.75) is 0 Å². The van der Waals surface area contributed by atoms with Crippen LogP contribution in [0.15, 0.2) is 83.8 Å². The van der Waals surface area contributed by atoms with Crippen LogP contribution < -0.4 is 5.43 Å². The van der Waals surface area contributed by atoms with Gasteiger partial charge in [-0.2, -0.15) is 0 Å². The third-order valence-corrected chi connectivity index (χ3v) is 4.74. The van der Waals surface area contributed by atoms with Gasteiger partial charge in [-0.05, 0) is 30.3 Å². The van der Waals surface area contributed by atoms with Crippen LogP contribution in [0, 0.1) is 0 Å². The lowest BCUT2D eigenvalue weighted by Crippen LogP contribution is -2.07. The number of hydrogen-bond donors (Lipinski definition) is 0. The van der Waals surface area contributed by atoms with Crippen LogP contribution in [0.4, 0.5) is 0 Å². The van der Waals surface area contributed by atoms with Gasteiger partial charge in [0, 0.05) is 38.8 Å². The van der Waals surface area contributed by atoms with Gasteiger partial charge in [-0.25, -0.2) is 0 Å². The molecule has 0 fully saturated rings. The smallest absolute Gasteiger partial charge is 0.189 e. The van der Waals surface area contributed by atoms with Gasteiger partial charge in [-0.1, -0.05) is 59.6 Å². The van der Waals surface area contributed by atoms with Crippen LogP contribution in [0.1, 0.15) is 0 Å². The molecule has 4 rings (SSSR count). The van der Waals surface area contributed by atoms with E-state index in [1.807, 2.05) is 65.2 Å². The Hall–Kier alpha value is -2.55. The van der Waals surface area contributed by atoms with E-state index in [9.17, 15) is 4.79 Å². The van der Waals surface area contributed by atoms with Gasteiger partial charge >= 0.3 is 0 Å². The SMILES string of the molecule is O=c1ccn(-c2ccccc2-c2ccc(Cl)cc2Cl)c2ccccc12.